The van der Waals surface area contributed by atoms with E-state index < -0.39 is 12.1 Å². The van der Waals surface area contributed by atoms with Gasteiger partial charge in [-0.25, -0.2) is 0 Å². The monoisotopic (exact) mass is 486 g/mol. The van der Waals surface area contributed by atoms with Crippen LogP contribution < -0.4 is 10.6 Å². The Balaban J connectivity index is 1.59. The fraction of sp³-hybridized carbons (Fsp3) is 0.750. The molecule has 0 aromatic carbocycles. The number of likely N-dealkylation sites (N-methyl/N-ethyl adjacent to an activating group) is 1. The number of carbonyl (C=O) groups excluding carboxylic acids is 2. The predicted molar refractivity (Wildman–Crippen MR) is 139 cm³/mol. The van der Waals surface area contributed by atoms with Gasteiger partial charge in [0.15, 0.2) is 0 Å². The molecule has 2 fully saturated rings. The van der Waals surface area contributed by atoms with Crippen LogP contribution in [0.2, 0.25) is 0 Å². The van der Waals surface area contributed by atoms with Crippen molar-refractivity contribution in [2.45, 2.75) is 115 Å². The maximum Gasteiger partial charge on any atom is 0.242 e. The second-order valence-corrected chi connectivity index (χ2v) is 10.9. The third kappa shape index (κ3) is 9.19. The van der Waals surface area contributed by atoms with Crippen molar-refractivity contribution in [1.82, 2.24) is 20.5 Å². The van der Waals surface area contributed by atoms with Crippen LogP contribution >= 0.6 is 0 Å². The second kappa shape index (κ2) is 13.9. The molecular formula is C28H46N4O3. The van der Waals surface area contributed by atoms with E-state index in [1.54, 1.807) is 18.9 Å². The zero-order valence-corrected chi connectivity index (χ0v) is 22.0. The first-order valence-corrected chi connectivity index (χ1v) is 13.7. The zero-order valence-electron chi connectivity index (χ0n) is 22.0. The Morgan fingerprint density at radius 3 is 2.54 bits per heavy atom. The van der Waals surface area contributed by atoms with Gasteiger partial charge in [0.1, 0.15) is 6.04 Å². The molecule has 7 heteroatoms. The van der Waals surface area contributed by atoms with Crippen molar-refractivity contribution in [2.24, 2.45) is 5.92 Å². The van der Waals surface area contributed by atoms with Crippen LogP contribution in [0.4, 0.5) is 0 Å². The lowest BCUT2D eigenvalue weighted by molar-refractivity contribution is -0.139. The summed E-state index contributed by atoms with van der Waals surface area (Å²) in [4.78, 5) is 31.5. The summed E-state index contributed by atoms with van der Waals surface area (Å²) in [5.74, 6) is 0.867. The summed E-state index contributed by atoms with van der Waals surface area (Å²) in [5, 5.41) is 17.5. The molecule has 0 radical (unpaired) electrons. The van der Waals surface area contributed by atoms with Crippen molar-refractivity contribution in [2.75, 3.05) is 13.6 Å². The van der Waals surface area contributed by atoms with Crippen LogP contribution in [-0.2, 0) is 16.1 Å². The number of hydrogen-bond acceptors (Lipinski definition) is 5. The number of rotatable bonds is 6. The van der Waals surface area contributed by atoms with Gasteiger partial charge in [-0.05, 0) is 55.6 Å². The summed E-state index contributed by atoms with van der Waals surface area (Å²) in [5.41, 5.74) is 2.42. The molecule has 1 aromatic heterocycles. The van der Waals surface area contributed by atoms with E-state index in [1.807, 2.05) is 12.4 Å². The molecule has 1 aliphatic heterocycles. The van der Waals surface area contributed by atoms with Gasteiger partial charge >= 0.3 is 0 Å². The standard InChI is InChI=1S/C28H46N4O3/c1-20-10-8-6-4-5-7-9-11-27(34)32(3)21(2)28(35)31-25(14-20)26(33)19-30-17-22-15-24(18-29-16-22)23-12-13-23/h15-16,18,20-21,23,25-26,30,33H,4-14,17,19H2,1-3H3,(H,31,35)/t20-,21+,25+,26-/m1/s1. The quantitative estimate of drug-likeness (QED) is 0.567. The Morgan fingerprint density at radius 2 is 1.80 bits per heavy atom. The Bertz CT molecular complexity index is 813. The van der Waals surface area contributed by atoms with E-state index in [2.05, 4.69) is 28.6 Å². The summed E-state index contributed by atoms with van der Waals surface area (Å²) in [6, 6.07) is 1.28. The van der Waals surface area contributed by atoms with Crippen molar-refractivity contribution >= 4 is 11.8 Å². The topological polar surface area (TPSA) is 94.6 Å². The number of nitrogens with one attached hydrogen (secondary N) is 2. The van der Waals surface area contributed by atoms with Crippen LogP contribution in [-0.4, -0.2) is 58.6 Å². The molecule has 0 unspecified atom stereocenters. The van der Waals surface area contributed by atoms with Gasteiger partial charge in [0, 0.05) is 39.0 Å². The van der Waals surface area contributed by atoms with Crippen LogP contribution in [0.15, 0.2) is 18.5 Å². The lowest BCUT2D eigenvalue weighted by atomic mass is 9.92. The van der Waals surface area contributed by atoms with Crippen LogP contribution in [0, 0.1) is 5.92 Å². The van der Waals surface area contributed by atoms with Crippen LogP contribution in [0.1, 0.15) is 102 Å². The third-order valence-electron chi connectivity index (χ3n) is 7.69. The molecule has 7 nitrogen and oxygen atoms in total. The second-order valence-electron chi connectivity index (χ2n) is 10.9. The molecule has 2 amide bonds. The summed E-state index contributed by atoms with van der Waals surface area (Å²) in [6.07, 6.45) is 14.6. The minimum Gasteiger partial charge on any atom is -0.390 e. The van der Waals surface area contributed by atoms with E-state index in [-0.39, 0.29) is 17.9 Å². The highest BCUT2D eigenvalue weighted by Gasteiger charge is 2.28. The van der Waals surface area contributed by atoms with Gasteiger partial charge in [-0.3, -0.25) is 14.6 Å². The predicted octanol–water partition coefficient (Wildman–Crippen LogP) is 3.90. The third-order valence-corrected chi connectivity index (χ3v) is 7.69. The average Bonchev–Trinajstić information content (AvgIpc) is 3.69. The van der Waals surface area contributed by atoms with Gasteiger partial charge in [-0.1, -0.05) is 51.5 Å². The smallest absolute Gasteiger partial charge is 0.242 e. The first-order chi connectivity index (χ1) is 16.8. The van der Waals surface area contributed by atoms with Crippen LogP contribution in [0.25, 0.3) is 0 Å². The molecule has 2 heterocycles. The summed E-state index contributed by atoms with van der Waals surface area (Å²) in [6.45, 7) is 4.99. The maximum absolute atomic E-state index is 13.0. The highest BCUT2D eigenvalue weighted by molar-refractivity contribution is 5.87. The zero-order chi connectivity index (χ0) is 25.2. The van der Waals surface area contributed by atoms with Crippen LogP contribution in [0.3, 0.4) is 0 Å². The van der Waals surface area contributed by atoms with Gasteiger partial charge in [0.25, 0.3) is 0 Å². The lowest BCUT2D eigenvalue weighted by Gasteiger charge is -2.31. The molecule has 196 valence electrons. The number of pyridine rings is 1. The Kier molecular flexibility index (Phi) is 11.0. The molecule has 1 aliphatic carbocycles. The summed E-state index contributed by atoms with van der Waals surface area (Å²) >= 11 is 0. The molecule has 2 aliphatic rings. The van der Waals surface area contributed by atoms with E-state index in [0.717, 1.165) is 37.7 Å². The molecule has 4 atom stereocenters. The molecule has 1 aromatic rings. The van der Waals surface area contributed by atoms with Gasteiger partial charge in [0.05, 0.1) is 12.1 Å². The van der Waals surface area contributed by atoms with Gasteiger partial charge in [-0.15, -0.1) is 0 Å². The molecule has 0 spiro atoms. The number of carbonyl (C=O) groups is 2. The van der Waals surface area contributed by atoms with Crippen molar-refractivity contribution < 1.29 is 14.7 Å². The fourth-order valence-corrected chi connectivity index (χ4v) is 4.96. The molecular weight excluding hydrogens is 440 g/mol. The molecule has 0 bridgehead atoms. The highest BCUT2D eigenvalue weighted by Crippen LogP contribution is 2.39. The van der Waals surface area contributed by atoms with Crippen molar-refractivity contribution in [3.63, 3.8) is 0 Å². The summed E-state index contributed by atoms with van der Waals surface area (Å²) in [7, 11) is 1.70. The van der Waals surface area contributed by atoms with Crippen molar-refractivity contribution in [3.05, 3.63) is 29.6 Å². The van der Waals surface area contributed by atoms with E-state index in [1.165, 1.54) is 37.7 Å². The van der Waals surface area contributed by atoms with E-state index in [4.69, 9.17) is 0 Å². The molecule has 3 N–H and O–H groups in total. The molecule has 35 heavy (non-hydrogen) atoms. The first kappa shape index (κ1) is 27.6. The lowest BCUT2D eigenvalue weighted by Crippen LogP contribution is -2.53. The van der Waals surface area contributed by atoms with Gasteiger partial charge in [0.2, 0.25) is 11.8 Å². The maximum atomic E-state index is 13.0. The highest BCUT2D eigenvalue weighted by atomic mass is 16.3. The number of hydrogen-bond donors (Lipinski definition) is 3. The van der Waals surface area contributed by atoms with Crippen LogP contribution in [0.5, 0.6) is 0 Å². The average molecular weight is 487 g/mol. The largest absolute Gasteiger partial charge is 0.390 e. The van der Waals surface area contributed by atoms with E-state index >= 15 is 0 Å². The van der Waals surface area contributed by atoms with E-state index in [0.29, 0.717) is 31.3 Å². The fourth-order valence-electron chi connectivity index (χ4n) is 4.96. The molecule has 3 rings (SSSR count). The Hall–Kier alpha value is -1.99. The number of aromatic nitrogens is 1. The number of nitrogens with zero attached hydrogens (tertiary/aromatic N) is 2. The van der Waals surface area contributed by atoms with Crippen molar-refractivity contribution in [1.29, 1.82) is 0 Å². The van der Waals surface area contributed by atoms with Gasteiger partial charge < -0.3 is 20.6 Å². The normalized spacial score (nSPS) is 26.9. The summed E-state index contributed by atoms with van der Waals surface area (Å²) < 4.78 is 0. The van der Waals surface area contributed by atoms with E-state index in [9.17, 15) is 14.7 Å². The minimum absolute atomic E-state index is 0.00825. The number of amides is 2. The van der Waals surface area contributed by atoms with Crippen molar-refractivity contribution in [3.8, 4) is 0 Å². The Morgan fingerprint density at radius 1 is 1.09 bits per heavy atom. The molecule has 1 saturated carbocycles. The number of aliphatic hydroxyl groups is 1. The SMILES string of the molecule is C[C@@H]1CCCCCCCCC(=O)N(C)[C@@H](C)C(=O)N[C@H]([C@H](O)CNCc2cncc(C3CC3)c2)C1. The minimum atomic E-state index is -0.715. The number of aliphatic hydroxyl groups excluding tert-OH is 1. The van der Waals surface area contributed by atoms with Gasteiger partial charge in [-0.2, -0.15) is 0 Å². The Labute approximate surface area is 211 Å². The molecule has 1 saturated heterocycles. The first-order valence-electron chi connectivity index (χ1n) is 13.7.